The third kappa shape index (κ3) is 0.519. The molecule has 0 amide bonds. The molecule has 0 saturated heterocycles. The van der Waals surface area contributed by atoms with E-state index in [1.807, 2.05) is 0 Å². The molecule has 2 saturated carbocycles. The second-order valence-electron chi connectivity index (χ2n) is 3.47. The van der Waals surface area contributed by atoms with Crippen molar-refractivity contribution in [2.75, 3.05) is 0 Å². The Hall–Kier alpha value is 0. The first-order valence-electron chi connectivity index (χ1n) is 3.89. The van der Waals surface area contributed by atoms with Crippen LogP contribution in [-0.2, 0) is 0 Å². The van der Waals surface area contributed by atoms with Crippen molar-refractivity contribution in [1.82, 2.24) is 0 Å². The number of rotatable bonds is 0. The lowest BCUT2D eigenvalue weighted by Crippen LogP contribution is -1.91. The van der Waals surface area contributed by atoms with Gasteiger partial charge in [0.05, 0.1) is 0 Å². The molecule has 0 heteroatoms. The van der Waals surface area contributed by atoms with Crippen LogP contribution in [0.15, 0.2) is 0 Å². The van der Waals surface area contributed by atoms with Gasteiger partial charge in [0.25, 0.3) is 0 Å². The van der Waals surface area contributed by atoms with Crippen molar-refractivity contribution in [1.29, 1.82) is 0 Å². The van der Waals surface area contributed by atoms with Crippen LogP contribution in [0, 0.1) is 17.8 Å². The summed E-state index contributed by atoms with van der Waals surface area (Å²) in [6.07, 6.45) is 6.13. The zero-order valence-electron chi connectivity index (χ0n) is 5.56. The van der Waals surface area contributed by atoms with Crippen molar-refractivity contribution in [3.05, 3.63) is 0 Å². The maximum absolute atomic E-state index is 2.42. The van der Waals surface area contributed by atoms with Gasteiger partial charge in [0, 0.05) is 0 Å². The van der Waals surface area contributed by atoms with Crippen LogP contribution in [0.5, 0.6) is 0 Å². The van der Waals surface area contributed by atoms with Gasteiger partial charge in [-0.1, -0.05) is 19.8 Å². The van der Waals surface area contributed by atoms with Crippen molar-refractivity contribution < 1.29 is 0 Å². The largest absolute Gasteiger partial charge is 0.0620 e. The zero-order valence-corrected chi connectivity index (χ0v) is 5.56. The van der Waals surface area contributed by atoms with Crippen LogP contribution in [0.1, 0.15) is 32.6 Å². The molecule has 2 rings (SSSR count). The highest BCUT2D eigenvalue weighted by Crippen LogP contribution is 2.54. The molecule has 2 aliphatic rings. The highest BCUT2D eigenvalue weighted by molar-refractivity contribution is 4.95. The first kappa shape index (κ1) is 4.84. The van der Waals surface area contributed by atoms with Crippen molar-refractivity contribution in [3.8, 4) is 0 Å². The molecule has 3 atom stereocenters. The van der Waals surface area contributed by atoms with Gasteiger partial charge >= 0.3 is 0 Å². The van der Waals surface area contributed by atoms with Crippen molar-refractivity contribution in [3.63, 3.8) is 0 Å². The molecule has 0 aromatic carbocycles. The van der Waals surface area contributed by atoms with Crippen LogP contribution in [0.3, 0.4) is 0 Å². The van der Waals surface area contributed by atoms with Crippen LogP contribution in [0.2, 0.25) is 0 Å². The standard InChI is InChI=1S/C8H14/c1-6-7-4-2-3-5-8(6)7/h6-8H,2-5H2,1H3/t6?,7-,8?/m0/s1. The summed E-state index contributed by atoms with van der Waals surface area (Å²) in [6, 6.07) is 0. The monoisotopic (exact) mass is 110 g/mol. The molecule has 0 N–H and O–H groups in total. The Balaban J connectivity index is 1.97. The number of hydrogen-bond acceptors (Lipinski definition) is 0. The Morgan fingerprint density at radius 3 is 1.88 bits per heavy atom. The first-order valence-corrected chi connectivity index (χ1v) is 3.89. The van der Waals surface area contributed by atoms with Gasteiger partial charge in [-0.25, -0.2) is 0 Å². The molecule has 0 heterocycles. The van der Waals surface area contributed by atoms with E-state index < -0.39 is 0 Å². The van der Waals surface area contributed by atoms with Crippen LogP contribution < -0.4 is 0 Å². The molecular formula is C8H14. The Morgan fingerprint density at radius 2 is 1.50 bits per heavy atom. The summed E-state index contributed by atoms with van der Waals surface area (Å²) in [6.45, 7) is 2.42. The summed E-state index contributed by atoms with van der Waals surface area (Å²) in [5.74, 6) is 3.45. The van der Waals surface area contributed by atoms with E-state index in [4.69, 9.17) is 0 Å². The SMILES string of the molecule is CC1C2CCCC[C@@H]12. The summed E-state index contributed by atoms with van der Waals surface area (Å²) in [4.78, 5) is 0. The maximum atomic E-state index is 2.42. The minimum absolute atomic E-state index is 1.11. The van der Waals surface area contributed by atoms with Gasteiger partial charge in [-0.15, -0.1) is 0 Å². The zero-order chi connectivity index (χ0) is 5.56. The van der Waals surface area contributed by atoms with Crippen molar-refractivity contribution in [2.45, 2.75) is 32.6 Å². The minimum atomic E-state index is 1.11. The van der Waals surface area contributed by atoms with E-state index in [0.717, 1.165) is 5.92 Å². The van der Waals surface area contributed by atoms with Gasteiger partial charge < -0.3 is 0 Å². The highest BCUT2D eigenvalue weighted by atomic mass is 14.5. The predicted molar refractivity (Wildman–Crippen MR) is 34.6 cm³/mol. The van der Waals surface area contributed by atoms with Crippen LogP contribution in [-0.4, -0.2) is 0 Å². The van der Waals surface area contributed by atoms with Crippen LogP contribution in [0.25, 0.3) is 0 Å². The topological polar surface area (TPSA) is 0 Å². The van der Waals surface area contributed by atoms with Gasteiger partial charge in [0.15, 0.2) is 0 Å². The molecule has 2 aliphatic carbocycles. The lowest BCUT2D eigenvalue weighted by atomic mass is 10.0. The average Bonchev–Trinajstić information content (AvgIpc) is 2.46. The van der Waals surface area contributed by atoms with E-state index in [-0.39, 0.29) is 0 Å². The fraction of sp³-hybridized carbons (Fsp3) is 1.00. The second-order valence-corrected chi connectivity index (χ2v) is 3.47. The molecule has 2 fully saturated rings. The Labute approximate surface area is 51.3 Å². The molecule has 46 valence electrons. The number of fused-ring (bicyclic) bond motifs is 1. The van der Waals surface area contributed by atoms with E-state index in [2.05, 4.69) is 6.92 Å². The predicted octanol–water partition coefficient (Wildman–Crippen LogP) is 2.44. The molecule has 0 aliphatic heterocycles. The van der Waals surface area contributed by atoms with Gasteiger partial charge in [0.2, 0.25) is 0 Å². The van der Waals surface area contributed by atoms with Crippen molar-refractivity contribution in [2.24, 2.45) is 17.8 Å². The molecular weight excluding hydrogens is 96.1 g/mol. The van der Waals surface area contributed by atoms with E-state index in [0.29, 0.717) is 0 Å². The summed E-state index contributed by atoms with van der Waals surface area (Å²) in [7, 11) is 0. The summed E-state index contributed by atoms with van der Waals surface area (Å²) in [5.41, 5.74) is 0. The second kappa shape index (κ2) is 1.49. The third-order valence-corrected chi connectivity index (χ3v) is 3.08. The molecule has 0 aromatic rings. The Morgan fingerprint density at radius 1 is 1.00 bits per heavy atom. The van der Waals surface area contributed by atoms with Gasteiger partial charge in [-0.2, -0.15) is 0 Å². The molecule has 0 nitrogen and oxygen atoms in total. The third-order valence-electron chi connectivity index (χ3n) is 3.08. The molecule has 0 radical (unpaired) electrons. The van der Waals surface area contributed by atoms with Gasteiger partial charge in [0.1, 0.15) is 0 Å². The maximum Gasteiger partial charge on any atom is -0.0355 e. The molecule has 0 aromatic heterocycles. The summed E-state index contributed by atoms with van der Waals surface area (Å²) in [5, 5.41) is 0. The molecule has 0 bridgehead atoms. The fourth-order valence-corrected chi connectivity index (χ4v) is 2.35. The smallest absolute Gasteiger partial charge is 0.0355 e. The quantitative estimate of drug-likeness (QED) is 0.449. The van der Waals surface area contributed by atoms with Gasteiger partial charge in [-0.05, 0) is 30.6 Å². The number of hydrogen-bond donors (Lipinski definition) is 0. The first-order chi connectivity index (χ1) is 3.89. The van der Waals surface area contributed by atoms with Crippen LogP contribution in [0.4, 0.5) is 0 Å². The normalized spacial score (nSPS) is 52.9. The minimum Gasteiger partial charge on any atom is -0.0620 e. The summed E-state index contributed by atoms with van der Waals surface area (Å²) >= 11 is 0. The average molecular weight is 110 g/mol. The molecule has 8 heavy (non-hydrogen) atoms. The van der Waals surface area contributed by atoms with Crippen molar-refractivity contribution >= 4 is 0 Å². The summed E-state index contributed by atoms with van der Waals surface area (Å²) < 4.78 is 0. The van der Waals surface area contributed by atoms with Gasteiger partial charge in [-0.3, -0.25) is 0 Å². The Kier molecular flexibility index (Phi) is 0.902. The highest BCUT2D eigenvalue weighted by Gasteiger charge is 2.46. The van der Waals surface area contributed by atoms with E-state index in [9.17, 15) is 0 Å². The fourth-order valence-electron chi connectivity index (χ4n) is 2.35. The Bertz CT molecular complexity index is 84.2. The van der Waals surface area contributed by atoms with Crippen LogP contribution >= 0.6 is 0 Å². The van der Waals surface area contributed by atoms with E-state index in [1.165, 1.54) is 24.7 Å². The molecule has 2 unspecified atom stereocenters. The lowest BCUT2D eigenvalue weighted by Gasteiger charge is -2.05. The van der Waals surface area contributed by atoms with E-state index in [1.54, 1.807) is 12.8 Å². The molecule has 0 spiro atoms. The van der Waals surface area contributed by atoms with E-state index >= 15 is 0 Å². The lowest BCUT2D eigenvalue weighted by molar-refractivity contribution is 0.480.